The zero-order valence-electron chi connectivity index (χ0n) is 22.9. The summed E-state index contributed by atoms with van der Waals surface area (Å²) in [5.41, 5.74) is 5.20. The maximum atomic E-state index is 13.4. The molecule has 2 heterocycles. The molecule has 0 saturated heterocycles. The zero-order valence-corrected chi connectivity index (χ0v) is 22.9. The van der Waals surface area contributed by atoms with Gasteiger partial charge in [-0.15, -0.1) is 0 Å². The van der Waals surface area contributed by atoms with Crippen molar-refractivity contribution < 1.29 is 14.3 Å². The summed E-state index contributed by atoms with van der Waals surface area (Å²) in [6.45, 7) is 0. The lowest BCUT2D eigenvalue weighted by Crippen LogP contribution is -2.09. The van der Waals surface area contributed by atoms with Crippen LogP contribution >= 0.6 is 0 Å². The second-order valence-electron chi connectivity index (χ2n) is 9.79. The summed E-state index contributed by atoms with van der Waals surface area (Å²) in [6.07, 6.45) is 4.04. The summed E-state index contributed by atoms with van der Waals surface area (Å²) < 4.78 is 11.8. The highest BCUT2D eigenvalue weighted by molar-refractivity contribution is 5.86. The van der Waals surface area contributed by atoms with E-state index in [1.807, 2.05) is 133 Å². The molecular weight excluding hydrogens is 520 g/mol. The summed E-state index contributed by atoms with van der Waals surface area (Å²) >= 11 is 0. The fraction of sp³-hybridized carbons (Fsp3) is 0.0541. The van der Waals surface area contributed by atoms with E-state index in [9.17, 15) is 4.79 Å². The first-order valence-corrected chi connectivity index (χ1v) is 13.8. The van der Waals surface area contributed by atoms with Gasteiger partial charge in [0, 0.05) is 36.4 Å². The molecule has 4 aromatic carbocycles. The first-order chi connectivity index (χ1) is 20.7. The molecule has 0 N–H and O–H groups in total. The number of Topliss-reactive ketones (excluding diaryl/α,β-unsaturated/α-hetero) is 1. The van der Waals surface area contributed by atoms with Crippen molar-refractivity contribution in [1.82, 2.24) is 9.97 Å². The number of para-hydroxylation sites is 2. The minimum Gasteiger partial charge on any atom is -0.457 e. The van der Waals surface area contributed by atoms with E-state index in [4.69, 9.17) is 9.47 Å². The van der Waals surface area contributed by atoms with E-state index in [-0.39, 0.29) is 18.6 Å². The monoisotopic (exact) mass is 548 g/mol. The number of benzene rings is 4. The Hall–Kier alpha value is -5.55. The predicted molar refractivity (Wildman–Crippen MR) is 165 cm³/mol. The lowest BCUT2D eigenvalue weighted by Gasteiger charge is -2.12. The fourth-order valence-corrected chi connectivity index (χ4v) is 4.78. The highest BCUT2D eigenvalue weighted by atomic mass is 16.5. The van der Waals surface area contributed by atoms with Gasteiger partial charge in [0.1, 0.15) is 28.8 Å². The van der Waals surface area contributed by atoms with Gasteiger partial charge < -0.3 is 9.47 Å². The molecular formula is C37H28N2O3. The lowest BCUT2D eigenvalue weighted by molar-refractivity contribution is -0.117. The molecule has 0 fully saturated rings. The van der Waals surface area contributed by atoms with E-state index in [2.05, 4.69) is 9.97 Å². The van der Waals surface area contributed by atoms with Crippen LogP contribution in [-0.2, 0) is 17.6 Å². The third-order valence-electron chi connectivity index (χ3n) is 6.77. The molecule has 42 heavy (non-hydrogen) atoms. The molecule has 0 spiro atoms. The molecule has 0 aliphatic heterocycles. The summed E-state index contributed by atoms with van der Waals surface area (Å²) in [6, 6.07) is 42.5. The second-order valence-corrected chi connectivity index (χ2v) is 9.79. The molecule has 0 atom stereocenters. The molecule has 0 saturated carbocycles. The van der Waals surface area contributed by atoms with Crippen LogP contribution in [0.1, 0.15) is 11.1 Å². The Labute approximate surface area is 245 Å². The minimum absolute atomic E-state index is 0.0894. The van der Waals surface area contributed by atoms with E-state index >= 15 is 0 Å². The highest BCUT2D eigenvalue weighted by Gasteiger charge is 2.15. The van der Waals surface area contributed by atoms with Gasteiger partial charge in [0.2, 0.25) is 0 Å². The van der Waals surface area contributed by atoms with E-state index in [0.717, 1.165) is 56.6 Å². The Morgan fingerprint density at radius 2 is 0.833 bits per heavy atom. The largest absolute Gasteiger partial charge is 0.457 e. The van der Waals surface area contributed by atoms with E-state index in [0.29, 0.717) is 0 Å². The number of ether oxygens (including phenoxy) is 2. The molecule has 6 aromatic rings. The van der Waals surface area contributed by atoms with Crippen molar-refractivity contribution in [2.24, 2.45) is 0 Å². The van der Waals surface area contributed by atoms with Crippen LogP contribution in [0.4, 0.5) is 0 Å². The number of rotatable bonds is 10. The standard InChI is InChI=1S/C37H28N2O3/c40-31(25-29-9-7-23-38-36(29)27-15-19-34(20-16-27)41-32-11-3-1-4-12-32)26-30-10-8-24-39-37(30)28-17-21-35(22-18-28)42-33-13-5-2-6-14-33/h1-24H,25-26H2. The Morgan fingerprint density at radius 3 is 1.24 bits per heavy atom. The molecule has 204 valence electrons. The van der Waals surface area contributed by atoms with Crippen molar-refractivity contribution >= 4 is 5.78 Å². The first kappa shape index (κ1) is 26.7. The lowest BCUT2D eigenvalue weighted by atomic mass is 9.96. The number of ketones is 1. The Bertz CT molecular complexity index is 1640. The topological polar surface area (TPSA) is 61.3 Å². The highest BCUT2D eigenvalue weighted by Crippen LogP contribution is 2.29. The number of nitrogens with zero attached hydrogens (tertiary/aromatic N) is 2. The first-order valence-electron chi connectivity index (χ1n) is 13.8. The van der Waals surface area contributed by atoms with Crippen LogP contribution in [0.25, 0.3) is 22.5 Å². The average Bonchev–Trinajstić information content (AvgIpc) is 3.03. The zero-order chi connectivity index (χ0) is 28.6. The van der Waals surface area contributed by atoms with E-state index in [1.54, 1.807) is 12.4 Å². The van der Waals surface area contributed by atoms with Gasteiger partial charge in [-0.25, -0.2) is 0 Å². The molecule has 6 rings (SSSR count). The summed E-state index contributed by atoms with van der Waals surface area (Å²) in [5.74, 6) is 3.12. The third kappa shape index (κ3) is 6.60. The Morgan fingerprint density at radius 1 is 0.452 bits per heavy atom. The van der Waals surface area contributed by atoms with Crippen LogP contribution in [0.3, 0.4) is 0 Å². The molecule has 0 aliphatic rings. The Kier molecular flexibility index (Phi) is 8.09. The molecule has 0 amide bonds. The summed E-state index contributed by atoms with van der Waals surface area (Å²) in [5, 5.41) is 0. The van der Waals surface area contributed by atoms with Crippen LogP contribution in [0.15, 0.2) is 146 Å². The smallest absolute Gasteiger partial charge is 0.141 e. The number of carbonyl (C=O) groups is 1. The van der Waals surface area contributed by atoms with Crippen molar-refractivity contribution in [3.63, 3.8) is 0 Å². The fourth-order valence-electron chi connectivity index (χ4n) is 4.78. The van der Waals surface area contributed by atoms with E-state index in [1.165, 1.54) is 0 Å². The maximum absolute atomic E-state index is 13.4. The number of hydrogen-bond donors (Lipinski definition) is 0. The predicted octanol–water partition coefficient (Wildman–Crippen LogP) is 8.75. The van der Waals surface area contributed by atoms with Crippen LogP contribution < -0.4 is 9.47 Å². The number of hydrogen-bond acceptors (Lipinski definition) is 5. The molecule has 0 aliphatic carbocycles. The molecule has 5 heteroatoms. The van der Waals surface area contributed by atoms with Gasteiger partial charge in [-0.2, -0.15) is 0 Å². The molecule has 0 bridgehead atoms. The number of carbonyl (C=O) groups excluding carboxylic acids is 1. The van der Waals surface area contributed by atoms with Gasteiger partial charge >= 0.3 is 0 Å². The third-order valence-corrected chi connectivity index (χ3v) is 6.77. The van der Waals surface area contributed by atoms with Crippen LogP contribution in [-0.4, -0.2) is 15.8 Å². The number of pyridine rings is 2. The van der Waals surface area contributed by atoms with Crippen LogP contribution in [0, 0.1) is 0 Å². The maximum Gasteiger partial charge on any atom is 0.141 e. The molecule has 2 aromatic heterocycles. The molecule has 0 radical (unpaired) electrons. The van der Waals surface area contributed by atoms with Gasteiger partial charge in [-0.3, -0.25) is 14.8 Å². The quantitative estimate of drug-likeness (QED) is 0.171. The SMILES string of the molecule is O=C(Cc1cccnc1-c1ccc(Oc2ccccc2)cc1)Cc1cccnc1-c1ccc(Oc2ccccc2)cc1. The Balaban J connectivity index is 1.15. The molecule has 0 unspecified atom stereocenters. The summed E-state index contributed by atoms with van der Waals surface area (Å²) in [4.78, 5) is 22.6. The van der Waals surface area contributed by atoms with Gasteiger partial charge in [-0.1, -0.05) is 48.5 Å². The van der Waals surface area contributed by atoms with Crippen molar-refractivity contribution in [2.45, 2.75) is 12.8 Å². The molecule has 5 nitrogen and oxygen atoms in total. The second kappa shape index (κ2) is 12.7. The number of aromatic nitrogens is 2. The van der Waals surface area contributed by atoms with Crippen molar-refractivity contribution in [1.29, 1.82) is 0 Å². The van der Waals surface area contributed by atoms with Gasteiger partial charge in [0.15, 0.2) is 0 Å². The van der Waals surface area contributed by atoms with Gasteiger partial charge in [0.05, 0.1) is 11.4 Å². The van der Waals surface area contributed by atoms with Crippen molar-refractivity contribution in [3.05, 3.63) is 157 Å². The van der Waals surface area contributed by atoms with Gasteiger partial charge in [-0.05, 0) is 96.1 Å². The van der Waals surface area contributed by atoms with Crippen LogP contribution in [0.2, 0.25) is 0 Å². The van der Waals surface area contributed by atoms with Gasteiger partial charge in [0.25, 0.3) is 0 Å². The van der Waals surface area contributed by atoms with Crippen LogP contribution in [0.5, 0.6) is 23.0 Å². The summed E-state index contributed by atoms with van der Waals surface area (Å²) in [7, 11) is 0. The normalized spacial score (nSPS) is 10.7. The minimum atomic E-state index is 0.0894. The van der Waals surface area contributed by atoms with Crippen molar-refractivity contribution in [2.75, 3.05) is 0 Å². The van der Waals surface area contributed by atoms with E-state index < -0.39 is 0 Å². The van der Waals surface area contributed by atoms with Crippen molar-refractivity contribution in [3.8, 4) is 45.5 Å². The average molecular weight is 549 g/mol.